The van der Waals surface area contributed by atoms with E-state index in [4.69, 9.17) is 11.6 Å². The van der Waals surface area contributed by atoms with E-state index in [1.807, 2.05) is 0 Å². The Morgan fingerprint density at radius 1 is 1.54 bits per heavy atom. The molecule has 0 saturated carbocycles. The Balaban J connectivity index is 2.60. The van der Waals surface area contributed by atoms with Crippen LogP contribution in [-0.4, -0.2) is 36.1 Å². The number of nitrogens with zero attached hydrogens (tertiary/aromatic N) is 1. The maximum atomic E-state index is 5.83. The molecular formula is C10H19ClN2. The van der Waals surface area contributed by atoms with E-state index < -0.39 is 0 Å². The highest BCUT2D eigenvalue weighted by atomic mass is 35.5. The Morgan fingerprint density at radius 3 is 2.69 bits per heavy atom. The van der Waals surface area contributed by atoms with Crippen LogP contribution in [0.1, 0.15) is 20.8 Å². The molecule has 0 radical (unpaired) electrons. The molecule has 1 rings (SSSR count). The van der Waals surface area contributed by atoms with E-state index in [0.29, 0.717) is 18.1 Å². The molecule has 0 aromatic heterocycles. The number of nitrogens with one attached hydrogen (secondary N) is 1. The van der Waals surface area contributed by atoms with Crippen molar-refractivity contribution in [3.05, 3.63) is 11.6 Å². The summed E-state index contributed by atoms with van der Waals surface area (Å²) in [5.74, 6) is 0. The van der Waals surface area contributed by atoms with Gasteiger partial charge in [-0.2, -0.15) is 0 Å². The van der Waals surface area contributed by atoms with E-state index >= 15 is 0 Å². The van der Waals surface area contributed by atoms with Crippen LogP contribution in [0, 0.1) is 0 Å². The average molecular weight is 203 g/mol. The molecule has 2 nitrogen and oxygen atoms in total. The van der Waals surface area contributed by atoms with Crippen molar-refractivity contribution in [3.63, 3.8) is 0 Å². The normalized spacial score (nSPS) is 36.2. The summed E-state index contributed by atoms with van der Waals surface area (Å²) in [6.07, 6.45) is 0. The molecule has 3 unspecified atom stereocenters. The van der Waals surface area contributed by atoms with Gasteiger partial charge in [-0.15, -0.1) is 0 Å². The van der Waals surface area contributed by atoms with Crippen LogP contribution in [-0.2, 0) is 0 Å². The van der Waals surface area contributed by atoms with Gasteiger partial charge in [0.2, 0.25) is 0 Å². The van der Waals surface area contributed by atoms with Crippen molar-refractivity contribution in [1.82, 2.24) is 10.2 Å². The lowest BCUT2D eigenvalue weighted by Gasteiger charge is -2.43. The Hall–Kier alpha value is -0.0500. The largest absolute Gasteiger partial charge is 0.311 e. The summed E-state index contributed by atoms with van der Waals surface area (Å²) in [6.45, 7) is 12.2. The van der Waals surface area contributed by atoms with E-state index in [1.54, 1.807) is 0 Å². The second kappa shape index (κ2) is 4.45. The zero-order valence-corrected chi connectivity index (χ0v) is 9.43. The van der Waals surface area contributed by atoms with Crippen molar-refractivity contribution in [2.24, 2.45) is 0 Å². The lowest BCUT2D eigenvalue weighted by molar-refractivity contribution is 0.100. The summed E-state index contributed by atoms with van der Waals surface area (Å²) in [4.78, 5) is 2.40. The third kappa shape index (κ3) is 2.70. The first-order valence-electron chi connectivity index (χ1n) is 4.84. The average Bonchev–Trinajstić information content (AvgIpc) is 2.05. The number of rotatable bonds is 2. The van der Waals surface area contributed by atoms with Gasteiger partial charge >= 0.3 is 0 Å². The first-order valence-corrected chi connectivity index (χ1v) is 5.22. The fourth-order valence-corrected chi connectivity index (χ4v) is 1.97. The molecule has 0 spiro atoms. The van der Waals surface area contributed by atoms with Crippen LogP contribution in [0.2, 0.25) is 0 Å². The van der Waals surface area contributed by atoms with Gasteiger partial charge in [-0.3, -0.25) is 4.90 Å². The van der Waals surface area contributed by atoms with Crippen LogP contribution < -0.4 is 5.32 Å². The predicted molar refractivity (Wildman–Crippen MR) is 58.1 cm³/mol. The second-order valence-electron chi connectivity index (χ2n) is 3.98. The van der Waals surface area contributed by atoms with E-state index in [9.17, 15) is 0 Å². The lowest BCUT2D eigenvalue weighted by atomic mass is 10.0. The van der Waals surface area contributed by atoms with Gasteiger partial charge in [0.05, 0.1) is 0 Å². The molecule has 0 aromatic carbocycles. The molecule has 1 N–H and O–H groups in total. The molecule has 1 aliphatic rings. The first kappa shape index (κ1) is 11.0. The SMILES string of the molecule is C=C(Cl)CN1C(C)CNC(C)C1C. The van der Waals surface area contributed by atoms with E-state index in [0.717, 1.165) is 18.1 Å². The first-order chi connectivity index (χ1) is 6.02. The monoisotopic (exact) mass is 202 g/mol. The second-order valence-corrected chi connectivity index (χ2v) is 4.51. The van der Waals surface area contributed by atoms with E-state index in [2.05, 4.69) is 37.6 Å². The molecule has 1 saturated heterocycles. The molecule has 0 aliphatic carbocycles. The topological polar surface area (TPSA) is 15.3 Å². The number of hydrogen-bond donors (Lipinski definition) is 1. The zero-order chi connectivity index (χ0) is 10.0. The van der Waals surface area contributed by atoms with Gasteiger partial charge in [0, 0.05) is 36.2 Å². The van der Waals surface area contributed by atoms with Crippen molar-refractivity contribution in [2.45, 2.75) is 38.9 Å². The minimum atomic E-state index is 0.527. The van der Waals surface area contributed by atoms with Gasteiger partial charge in [0.25, 0.3) is 0 Å². The van der Waals surface area contributed by atoms with E-state index in [1.165, 1.54) is 0 Å². The highest BCUT2D eigenvalue weighted by Gasteiger charge is 2.29. The van der Waals surface area contributed by atoms with E-state index in [-0.39, 0.29) is 0 Å². The molecule has 1 heterocycles. The standard InChI is InChI=1S/C10H19ClN2/c1-7(11)6-13-8(2)5-12-9(3)10(13)4/h8-10,12H,1,5-6H2,2-4H3. The highest BCUT2D eigenvalue weighted by molar-refractivity contribution is 6.29. The minimum absolute atomic E-state index is 0.527. The van der Waals surface area contributed by atoms with Gasteiger partial charge in [0.15, 0.2) is 0 Å². The van der Waals surface area contributed by atoms with Crippen LogP contribution in [0.4, 0.5) is 0 Å². The van der Waals surface area contributed by atoms with Gasteiger partial charge in [-0.05, 0) is 20.8 Å². The molecule has 13 heavy (non-hydrogen) atoms. The third-order valence-electron chi connectivity index (χ3n) is 2.90. The van der Waals surface area contributed by atoms with Gasteiger partial charge in [-0.1, -0.05) is 18.2 Å². The van der Waals surface area contributed by atoms with Gasteiger partial charge in [-0.25, -0.2) is 0 Å². The third-order valence-corrected chi connectivity index (χ3v) is 3.02. The number of hydrogen-bond acceptors (Lipinski definition) is 2. The maximum absolute atomic E-state index is 5.83. The Morgan fingerprint density at radius 2 is 2.15 bits per heavy atom. The van der Waals surface area contributed by atoms with Crippen LogP contribution in [0.3, 0.4) is 0 Å². The predicted octanol–water partition coefficient (Wildman–Crippen LogP) is 1.81. The van der Waals surface area contributed by atoms with Crippen molar-refractivity contribution in [1.29, 1.82) is 0 Å². The molecule has 0 bridgehead atoms. The lowest BCUT2D eigenvalue weighted by Crippen LogP contribution is -2.59. The van der Waals surface area contributed by atoms with Gasteiger partial charge in [0.1, 0.15) is 0 Å². The van der Waals surface area contributed by atoms with Crippen LogP contribution in [0.15, 0.2) is 11.6 Å². The van der Waals surface area contributed by atoms with Crippen LogP contribution >= 0.6 is 11.6 Å². The number of piperazine rings is 1. The Labute approximate surface area is 85.9 Å². The van der Waals surface area contributed by atoms with Crippen molar-refractivity contribution in [3.8, 4) is 0 Å². The summed E-state index contributed by atoms with van der Waals surface area (Å²) in [5, 5.41) is 4.20. The molecule has 3 atom stereocenters. The summed E-state index contributed by atoms with van der Waals surface area (Å²) in [7, 11) is 0. The van der Waals surface area contributed by atoms with Crippen LogP contribution in [0.25, 0.3) is 0 Å². The highest BCUT2D eigenvalue weighted by Crippen LogP contribution is 2.16. The minimum Gasteiger partial charge on any atom is -0.311 e. The fraction of sp³-hybridized carbons (Fsp3) is 0.800. The van der Waals surface area contributed by atoms with Crippen LogP contribution in [0.5, 0.6) is 0 Å². The summed E-state index contributed by atoms with van der Waals surface area (Å²) in [6, 6.07) is 1.60. The van der Waals surface area contributed by atoms with Crippen molar-refractivity contribution >= 4 is 11.6 Å². The molecule has 1 fully saturated rings. The zero-order valence-electron chi connectivity index (χ0n) is 8.68. The maximum Gasteiger partial charge on any atom is 0.0342 e. The molecule has 0 aromatic rings. The fourth-order valence-electron chi connectivity index (χ4n) is 1.83. The van der Waals surface area contributed by atoms with Crippen molar-refractivity contribution < 1.29 is 0 Å². The molecule has 1 aliphatic heterocycles. The Kier molecular flexibility index (Phi) is 3.77. The summed E-state index contributed by atoms with van der Waals surface area (Å²) >= 11 is 5.83. The summed E-state index contributed by atoms with van der Waals surface area (Å²) in [5.41, 5.74) is 0. The molecule has 0 amide bonds. The molecule has 3 heteroatoms. The molecular weight excluding hydrogens is 184 g/mol. The Bertz CT molecular complexity index is 193. The smallest absolute Gasteiger partial charge is 0.0342 e. The molecule has 76 valence electrons. The van der Waals surface area contributed by atoms with Crippen molar-refractivity contribution in [2.75, 3.05) is 13.1 Å². The quantitative estimate of drug-likeness (QED) is 0.735. The van der Waals surface area contributed by atoms with Gasteiger partial charge < -0.3 is 5.32 Å². The summed E-state index contributed by atoms with van der Waals surface area (Å²) < 4.78 is 0. The number of halogens is 1.